The van der Waals surface area contributed by atoms with Crippen molar-refractivity contribution in [3.8, 4) is 50.3 Å². The fourth-order valence-corrected chi connectivity index (χ4v) is 8.00. The SMILES string of the molecule is CCCCCCCCCCCCC(O)C(Oc1c(-c2c(F)c(F)c(F)c(F)c2F)c(-c2ccccc2)[c]c(-c2c(F)c(F)c(F)c(F)c2F)c1-c1c(F)c(F)c(F)c(F)c1F)c1c(F)c(F)c(F)c(F)c1F. The average molecular weight is 1050 g/mol. The molecular formula is C50H33F20O2. The molecule has 1 N–H and O–H groups in total. The topological polar surface area (TPSA) is 29.5 Å². The second-order valence-electron chi connectivity index (χ2n) is 16.2. The molecule has 0 bridgehead atoms. The van der Waals surface area contributed by atoms with Gasteiger partial charge in [0, 0.05) is 28.3 Å². The molecular weight excluding hydrogens is 1010 g/mol. The second-order valence-corrected chi connectivity index (χ2v) is 16.2. The first-order valence-electron chi connectivity index (χ1n) is 21.6. The van der Waals surface area contributed by atoms with Gasteiger partial charge in [0.05, 0.1) is 28.4 Å². The number of ether oxygens (including phenoxy) is 1. The van der Waals surface area contributed by atoms with Crippen molar-refractivity contribution in [3.63, 3.8) is 0 Å². The van der Waals surface area contributed by atoms with Crippen LogP contribution in [0, 0.1) is 122 Å². The Morgan fingerprint density at radius 2 is 0.694 bits per heavy atom. The highest BCUT2D eigenvalue weighted by atomic mass is 19.2. The van der Waals surface area contributed by atoms with Crippen molar-refractivity contribution in [3.05, 3.63) is 158 Å². The molecule has 0 aliphatic heterocycles. The molecule has 6 aromatic rings. The zero-order valence-electron chi connectivity index (χ0n) is 36.7. The van der Waals surface area contributed by atoms with Gasteiger partial charge in [-0.2, -0.15) is 0 Å². The highest BCUT2D eigenvalue weighted by Gasteiger charge is 2.42. The maximum absolute atomic E-state index is 16.3. The Bertz CT molecular complexity index is 2920. The summed E-state index contributed by atoms with van der Waals surface area (Å²) in [6, 6.07) is 6.36. The molecule has 0 aromatic heterocycles. The van der Waals surface area contributed by atoms with Crippen molar-refractivity contribution in [1.29, 1.82) is 0 Å². The van der Waals surface area contributed by atoms with Gasteiger partial charge in [0.1, 0.15) is 5.75 Å². The van der Waals surface area contributed by atoms with Crippen LogP contribution in [0.3, 0.4) is 0 Å². The van der Waals surface area contributed by atoms with Crippen molar-refractivity contribution >= 4 is 0 Å². The lowest BCUT2D eigenvalue weighted by atomic mass is 9.83. The van der Waals surface area contributed by atoms with Crippen LogP contribution in [0.4, 0.5) is 87.8 Å². The van der Waals surface area contributed by atoms with Crippen LogP contribution < -0.4 is 4.74 Å². The third kappa shape index (κ3) is 10.1. The van der Waals surface area contributed by atoms with Crippen molar-refractivity contribution < 1.29 is 97.7 Å². The first-order chi connectivity index (χ1) is 34.0. The molecule has 22 heteroatoms. The van der Waals surface area contributed by atoms with Gasteiger partial charge in [0.15, 0.2) is 99.2 Å². The Kier molecular flexibility index (Phi) is 17.3. The highest BCUT2D eigenvalue weighted by molar-refractivity contribution is 6.01. The van der Waals surface area contributed by atoms with Crippen LogP contribution in [0.1, 0.15) is 89.2 Å². The first kappa shape index (κ1) is 55.0. The van der Waals surface area contributed by atoms with Gasteiger partial charge in [-0.15, -0.1) is 0 Å². The minimum Gasteiger partial charge on any atom is -0.481 e. The quantitative estimate of drug-likeness (QED) is 0.0379. The van der Waals surface area contributed by atoms with Gasteiger partial charge in [-0.3, -0.25) is 0 Å². The zero-order chi connectivity index (χ0) is 53.2. The van der Waals surface area contributed by atoms with Gasteiger partial charge in [0.2, 0.25) is 23.3 Å². The van der Waals surface area contributed by atoms with E-state index in [1.165, 1.54) is 0 Å². The molecule has 385 valence electrons. The van der Waals surface area contributed by atoms with Gasteiger partial charge in [-0.05, 0) is 12.0 Å². The molecule has 6 rings (SSSR count). The van der Waals surface area contributed by atoms with Crippen molar-refractivity contribution in [2.75, 3.05) is 0 Å². The van der Waals surface area contributed by atoms with E-state index in [9.17, 15) is 22.7 Å². The minimum atomic E-state index is -3.46. The predicted molar refractivity (Wildman–Crippen MR) is 218 cm³/mol. The summed E-state index contributed by atoms with van der Waals surface area (Å²) in [5, 5.41) is 11.7. The third-order valence-corrected chi connectivity index (χ3v) is 11.6. The Morgan fingerprint density at radius 3 is 1.08 bits per heavy atom. The number of unbranched alkanes of at least 4 members (excludes halogenated alkanes) is 9. The van der Waals surface area contributed by atoms with Crippen LogP contribution in [-0.2, 0) is 0 Å². The number of aliphatic hydroxyl groups excluding tert-OH is 1. The van der Waals surface area contributed by atoms with E-state index in [4.69, 9.17) is 4.74 Å². The summed E-state index contributed by atoms with van der Waals surface area (Å²) in [5.41, 5.74) is -18.8. The number of rotatable bonds is 19. The van der Waals surface area contributed by atoms with E-state index in [0.717, 1.165) is 62.4 Å². The molecule has 6 aromatic carbocycles. The van der Waals surface area contributed by atoms with Crippen LogP contribution in [0.15, 0.2) is 30.3 Å². The molecule has 0 saturated carbocycles. The molecule has 72 heavy (non-hydrogen) atoms. The van der Waals surface area contributed by atoms with Crippen molar-refractivity contribution in [2.45, 2.75) is 89.8 Å². The van der Waals surface area contributed by atoms with Crippen LogP contribution in [0.2, 0.25) is 0 Å². The van der Waals surface area contributed by atoms with E-state index >= 15 is 70.2 Å². The van der Waals surface area contributed by atoms with Crippen molar-refractivity contribution in [1.82, 2.24) is 0 Å². The summed E-state index contributed by atoms with van der Waals surface area (Å²) in [6.45, 7) is 1.99. The van der Waals surface area contributed by atoms with Gasteiger partial charge < -0.3 is 9.84 Å². The van der Waals surface area contributed by atoms with Crippen LogP contribution in [0.5, 0.6) is 5.75 Å². The fraction of sp³-hybridized carbons (Fsp3) is 0.280. The van der Waals surface area contributed by atoms with E-state index in [2.05, 4.69) is 0 Å². The van der Waals surface area contributed by atoms with E-state index in [1.54, 1.807) is 6.07 Å². The summed E-state index contributed by atoms with van der Waals surface area (Å²) < 4.78 is 315. The van der Waals surface area contributed by atoms with E-state index in [-0.39, 0.29) is 12.8 Å². The number of benzene rings is 6. The summed E-state index contributed by atoms with van der Waals surface area (Å²) in [6.07, 6.45) is -1.26. The number of halogens is 20. The standard InChI is InChI=1S/C50H33F20O2/c1-2-3-4-5-6-7-8-9-10-14-17-22(71)49(28-35(57)43(65)48(70)44(66)36(28)58)72-50-23(26-31(53)39(61)46(68)40(62)32(26)54)20(19-15-12-11-13-16-19)18-21(25-29(51)37(59)45(67)38(60)30(25)52)24(50)27-33(55)41(63)47(69)42(64)34(27)56/h11-13,15-16,22,49,71H,2-10,14,17H2,1H3. The lowest BCUT2D eigenvalue weighted by Crippen LogP contribution is -2.28. The Hall–Kier alpha value is -6.32. The van der Waals surface area contributed by atoms with Gasteiger partial charge in [0.25, 0.3) is 0 Å². The molecule has 2 atom stereocenters. The average Bonchev–Trinajstić information content (AvgIpc) is 3.37. The molecule has 2 unspecified atom stereocenters. The molecule has 0 aliphatic rings. The summed E-state index contributed by atoms with van der Waals surface area (Å²) in [7, 11) is 0. The summed E-state index contributed by atoms with van der Waals surface area (Å²) in [5.74, 6) is -62.1. The largest absolute Gasteiger partial charge is 0.481 e. The van der Waals surface area contributed by atoms with Gasteiger partial charge in [-0.25, -0.2) is 87.8 Å². The number of aliphatic hydroxyl groups is 1. The molecule has 0 fully saturated rings. The van der Waals surface area contributed by atoms with E-state index in [1.807, 2.05) is 6.92 Å². The first-order valence-corrected chi connectivity index (χ1v) is 21.6. The lowest BCUT2D eigenvalue weighted by Gasteiger charge is -2.31. The van der Waals surface area contributed by atoms with Crippen LogP contribution in [-0.4, -0.2) is 11.2 Å². The Balaban J connectivity index is 1.83. The second kappa shape index (κ2) is 22.6. The Morgan fingerprint density at radius 1 is 0.375 bits per heavy atom. The zero-order valence-corrected chi connectivity index (χ0v) is 36.7. The van der Waals surface area contributed by atoms with E-state index < -0.39 is 191 Å². The van der Waals surface area contributed by atoms with Gasteiger partial charge in [-0.1, -0.05) is 101 Å². The molecule has 0 spiro atoms. The number of hydrogen-bond acceptors (Lipinski definition) is 2. The normalized spacial score (nSPS) is 12.5. The maximum atomic E-state index is 16.3. The van der Waals surface area contributed by atoms with E-state index in [0.29, 0.717) is 19.3 Å². The third-order valence-electron chi connectivity index (χ3n) is 11.6. The van der Waals surface area contributed by atoms with Crippen LogP contribution >= 0.6 is 0 Å². The number of hydrogen-bond donors (Lipinski definition) is 1. The predicted octanol–water partition coefficient (Wildman–Crippen LogP) is 16.7. The maximum Gasteiger partial charge on any atom is 0.200 e. The molecule has 1 radical (unpaired) electrons. The van der Waals surface area contributed by atoms with Crippen LogP contribution in [0.25, 0.3) is 44.5 Å². The smallest absolute Gasteiger partial charge is 0.200 e. The highest BCUT2D eigenvalue weighted by Crippen LogP contribution is 2.55. The minimum absolute atomic E-state index is 0.0876. The summed E-state index contributed by atoms with van der Waals surface area (Å²) in [4.78, 5) is 0. The molecule has 0 aliphatic carbocycles. The molecule has 2 nitrogen and oxygen atoms in total. The Labute approximate surface area is 395 Å². The molecule has 0 heterocycles. The molecule has 0 amide bonds. The van der Waals surface area contributed by atoms with Crippen molar-refractivity contribution in [2.24, 2.45) is 0 Å². The van der Waals surface area contributed by atoms with Gasteiger partial charge >= 0.3 is 0 Å². The fourth-order valence-electron chi connectivity index (χ4n) is 8.00. The molecule has 0 saturated heterocycles. The monoisotopic (exact) mass is 1050 g/mol. The summed E-state index contributed by atoms with van der Waals surface area (Å²) >= 11 is 0. The lowest BCUT2D eigenvalue weighted by molar-refractivity contribution is 0.0236.